The second kappa shape index (κ2) is 15.6. The van der Waals surface area contributed by atoms with Crippen molar-refractivity contribution in [3.8, 4) is 11.6 Å². The quantitative estimate of drug-likeness (QED) is 0.121. The fraction of sp³-hybridized carbons (Fsp3) is 0.633. The summed E-state index contributed by atoms with van der Waals surface area (Å²) in [6.45, 7) is 8.76. The van der Waals surface area contributed by atoms with Crippen molar-refractivity contribution in [1.82, 2.24) is 20.8 Å². The van der Waals surface area contributed by atoms with Crippen molar-refractivity contribution >= 4 is 11.8 Å². The van der Waals surface area contributed by atoms with Crippen LogP contribution in [0.5, 0.6) is 11.6 Å². The Balaban J connectivity index is 1.61. The Morgan fingerprint density at radius 2 is 1.86 bits per heavy atom. The molecular weight excluding hydrogens is 576 g/mol. The first-order valence-corrected chi connectivity index (χ1v) is 14.8. The Morgan fingerprint density at radius 3 is 2.50 bits per heavy atom. The second-order valence-electron chi connectivity index (χ2n) is 11.8. The highest BCUT2D eigenvalue weighted by Crippen LogP contribution is 2.32. The summed E-state index contributed by atoms with van der Waals surface area (Å²) in [7, 11) is 0. The van der Waals surface area contributed by atoms with Gasteiger partial charge in [0.15, 0.2) is 0 Å². The molecule has 1 saturated heterocycles. The molecule has 1 aromatic heterocycles. The topological polar surface area (TPSA) is 216 Å². The Morgan fingerprint density at radius 1 is 1.14 bits per heavy atom. The molecule has 2 heterocycles. The summed E-state index contributed by atoms with van der Waals surface area (Å²) in [4.78, 5) is 24.5. The van der Waals surface area contributed by atoms with E-state index in [1.54, 1.807) is 13.8 Å². The van der Waals surface area contributed by atoms with Crippen molar-refractivity contribution in [1.29, 1.82) is 0 Å². The normalized spacial score (nSPS) is 22.1. The van der Waals surface area contributed by atoms with Gasteiger partial charge in [-0.1, -0.05) is 19.9 Å². The molecule has 1 fully saturated rings. The van der Waals surface area contributed by atoms with E-state index in [4.69, 9.17) is 19.3 Å². The number of aromatic nitrogens is 2. The third kappa shape index (κ3) is 8.89. The predicted octanol–water partition coefficient (Wildman–Crippen LogP) is -0.227. The average Bonchev–Trinajstić information content (AvgIpc) is 3.37. The fourth-order valence-corrected chi connectivity index (χ4v) is 4.81. The molecule has 44 heavy (non-hydrogen) atoms. The van der Waals surface area contributed by atoms with Crippen LogP contribution in [-0.4, -0.2) is 110 Å². The minimum atomic E-state index is -1.57. The number of nitrogens with zero attached hydrogens (tertiary/aromatic N) is 1. The first kappa shape index (κ1) is 35.2. The average molecular weight is 623 g/mol. The zero-order chi connectivity index (χ0) is 32.6. The predicted molar refractivity (Wildman–Crippen MR) is 158 cm³/mol. The molecule has 0 unspecified atom stereocenters. The van der Waals surface area contributed by atoms with Gasteiger partial charge < -0.3 is 50.4 Å². The first-order chi connectivity index (χ1) is 20.8. The largest absolute Gasteiger partial charge is 0.494 e. The highest BCUT2D eigenvalue weighted by atomic mass is 16.7. The summed E-state index contributed by atoms with van der Waals surface area (Å²) in [6, 6.07) is 5.63. The number of aliphatic hydroxyl groups is 5. The van der Waals surface area contributed by atoms with Crippen LogP contribution >= 0.6 is 0 Å². The number of aryl methyl sites for hydroxylation is 1. The van der Waals surface area contributed by atoms with Crippen LogP contribution in [0.3, 0.4) is 0 Å². The summed E-state index contributed by atoms with van der Waals surface area (Å²) < 4.78 is 17.2. The maximum Gasteiger partial charge on any atom is 0.245 e. The lowest BCUT2D eigenvalue weighted by atomic mass is 9.96. The third-order valence-corrected chi connectivity index (χ3v) is 7.43. The van der Waals surface area contributed by atoms with E-state index in [9.17, 15) is 30.0 Å². The number of benzene rings is 1. The standard InChI is InChI=1S/C30H46N4O10/c1-16(2)23-20(27(34-33-23)44-28-26(40)25(39)24(38)21(15-36)43-28)14-18-8-9-19(13-17(18)3)42-12-6-7-22(37)32-30(4,5)29(41)31-10-11-35/h8-9,13,16,21,24-26,28,35-36,38-40H,6-7,10-12,14-15H2,1-5H3,(H,31,41)(H,32,37)(H,33,34)/t21-,24-,25+,26-,28+/m1/s1. The van der Waals surface area contributed by atoms with Gasteiger partial charge in [-0.2, -0.15) is 0 Å². The summed E-state index contributed by atoms with van der Waals surface area (Å²) in [6.07, 6.45) is -6.07. The van der Waals surface area contributed by atoms with Crippen LogP contribution in [0.25, 0.3) is 0 Å². The van der Waals surface area contributed by atoms with Gasteiger partial charge in [0.2, 0.25) is 24.0 Å². The number of carbonyl (C=O) groups is 2. The van der Waals surface area contributed by atoms with Crippen LogP contribution in [0.1, 0.15) is 68.8 Å². The van der Waals surface area contributed by atoms with Crippen molar-refractivity contribution < 1.29 is 49.3 Å². The number of nitrogens with one attached hydrogen (secondary N) is 3. The molecule has 2 aromatic rings. The molecule has 3 rings (SSSR count). The highest BCUT2D eigenvalue weighted by Gasteiger charge is 2.45. The van der Waals surface area contributed by atoms with E-state index < -0.39 is 42.9 Å². The molecule has 246 valence electrons. The minimum Gasteiger partial charge on any atom is -0.494 e. The maximum absolute atomic E-state index is 12.3. The van der Waals surface area contributed by atoms with Gasteiger partial charge in [-0.25, -0.2) is 0 Å². The molecule has 1 aliphatic heterocycles. The lowest BCUT2D eigenvalue weighted by molar-refractivity contribution is -0.278. The van der Waals surface area contributed by atoms with Crippen LogP contribution in [0.15, 0.2) is 18.2 Å². The molecule has 0 bridgehead atoms. The fourth-order valence-electron chi connectivity index (χ4n) is 4.81. The second-order valence-corrected chi connectivity index (χ2v) is 11.8. The molecule has 8 N–H and O–H groups in total. The molecule has 0 aliphatic carbocycles. The molecule has 5 atom stereocenters. The maximum atomic E-state index is 12.3. The number of ether oxygens (including phenoxy) is 3. The molecule has 1 aliphatic rings. The smallest absolute Gasteiger partial charge is 0.245 e. The number of amides is 2. The molecule has 2 amide bonds. The number of H-pyrrole nitrogens is 1. The summed E-state index contributed by atoms with van der Waals surface area (Å²) in [5, 5.41) is 61.5. The Kier molecular flexibility index (Phi) is 12.5. The van der Waals surface area contributed by atoms with Crippen molar-refractivity contribution in [2.45, 2.75) is 96.0 Å². The summed E-state index contributed by atoms with van der Waals surface area (Å²) in [5.74, 6) is 0.196. The van der Waals surface area contributed by atoms with Crippen LogP contribution in [0.2, 0.25) is 0 Å². The zero-order valence-corrected chi connectivity index (χ0v) is 25.9. The van der Waals surface area contributed by atoms with E-state index in [2.05, 4.69) is 20.8 Å². The van der Waals surface area contributed by atoms with E-state index in [0.29, 0.717) is 25.2 Å². The Bertz CT molecular complexity index is 1250. The van der Waals surface area contributed by atoms with Crippen molar-refractivity contribution in [2.75, 3.05) is 26.4 Å². The number of aromatic amines is 1. The Hall–Kier alpha value is -3.27. The van der Waals surface area contributed by atoms with Gasteiger partial charge in [-0.05, 0) is 56.4 Å². The molecule has 14 heteroatoms. The molecule has 14 nitrogen and oxygen atoms in total. The van der Waals surface area contributed by atoms with Crippen LogP contribution in [-0.2, 0) is 20.7 Å². The zero-order valence-electron chi connectivity index (χ0n) is 25.9. The summed E-state index contributed by atoms with van der Waals surface area (Å²) >= 11 is 0. The molecule has 0 spiro atoms. The van der Waals surface area contributed by atoms with Crippen LogP contribution in [0.4, 0.5) is 0 Å². The van der Waals surface area contributed by atoms with Gasteiger partial charge in [0.25, 0.3) is 0 Å². The van der Waals surface area contributed by atoms with Crippen molar-refractivity contribution in [3.05, 3.63) is 40.6 Å². The van der Waals surface area contributed by atoms with Gasteiger partial charge in [0, 0.05) is 30.6 Å². The lowest BCUT2D eigenvalue weighted by Gasteiger charge is -2.39. The lowest BCUT2D eigenvalue weighted by Crippen LogP contribution is -2.60. The highest BCUT2D eigenvalue weighted by molar-refractivity contribution is 5.90. The van der Waals surface area contributed by atoms with Crippen LogP contribution in [0, 0.1) is 6.92 Å². The molecule has 0 saturated carbocycles. The van der Waals surface area contributed by atoms with E-state index in [0.717, 1.165) is 22.4 Å². The number of aliphatic hydroxyl groups excluding tert-OH is 5. The first-order valence-electron chi connectivity index (χ1n) is 14.8. The van der Waals surface area contributed by atoms with E-state index in [1.807, 2.05) is 39.0 Å². The molecule has 0 radical (unpaired) electrons. The van der Waals surface area contributed by atoms with E-state index >= 15 is 0 Å². The van der Waals surface area contributed by atoms with Gasteiger partial charge in [0.05, 0.1) is 19.8 Å². The van der Waals surface area contributed by atoms with Crippen molar-refractivity contribution in [3.63, 3.8) is 0 Å². The van der Waals surface area contributed by atoms with Gasteiger partial charge in [0.1, 0.15) is 35.7 Å². The summed E-state index contributed by atoms with van der Waals surface area (Å²) in [5.41, 5.74) is 2.33. The van der Waals surface area contributed by atoms with E-state index in [1.165, 1.54) is 0 Å². The number of carbonyl (C=O) groups excluding carboxylic acids is 2. The van der Waals surface area contributed by atoms with E-state index in [-0.39, 0.29) is 43.2 Å². The SMILES string of the molecule is Cc1cc(OCCCC(=O)NC(C)(C)C(=O)NCCO)ccc1Cc1c(O[C@@H]2O[C@H](CO)[C@@H](O)[C@H](O)[C@H]2O)n[nH]c1C(C)C. The van der Waals surface area contributed by atoms with Gasteiger partial charge in [-0.3, -0.25) is 14.7 Å². The molecule has 1 aromatic carbocycles. The van der Waals surface area contributed by atoms with Crippen molar-refractivity contribution in [2.24, 2.45) is 0 Å². The monoisotopic (exact) mass is 622 g/mol. The Labute approximate surface area is 256 Å². The minimum absolute atomic E-state index is 0.0604. The number of rotatable bonds is 15. The third-order valence-electron chi connectivity index (χ3n) is 7.43. The number of hydrogen-bond donors (Lipinski definition) is 8. The van der Waals surface area contributed by atoms with Gasteiger partial charge >= 0.3 is 0 Å². The van der Waals surface area contributed by atoms with Gasteiger partial charge in [-0.15, -0.1) is 5.10 Å². The number of hydrogen-bond acceptors (Lipinski definition) is 11. The van der Waals surface area contributed by atoms with Crippen LogP contribution < -0.4 is 20.1 Å². The molecular formula is C30H46N4O10.